The number of aryl methyl sites for hydroxylation is 1. The summed E-state index contributed by atoms with van der Waals surface area (Å²) in [5, 5.41) is 13.7. The summed E-state index contributed by atoms with van der Waals surface area (Å²) in [5.74, 6) is -0.878. The normalized spacial score (nSPS) is 29.3. The zero-order chi connectivity index (χ0) is 26.8. The second kappa shape index (κ2) is 14.5. The Bertz CT molecular complexity index is 925. The summed E-state index contributed by atoms with van der Waals surface area (Å²) in [6, 6.07) is 0. The molecular weight excluding hydrogens is 458 g/mol. The molecule has 0 spiro atoms. The molecular formula is C29H45NO4S. The minimum absolute atomic E-state index is 0.0201. The molecule has 6 heteroatoms. The fourth-order valence-electron chi connectivity index (χ4n) is 4.09. The number of allylic oxidation sites excluding steroid dienone is 3. The van der Waals surface area contributed by atoms with E-state index in [9.17, 15) is 14.7 Å². The van der Waals surface area contributed by atoms with E-state index in [0.717, 1.165) is 21.8 Å². The molecule has 1 aromatic heterocycles. The van der Waals surface area contributed by atoms with E-state index in [0.29, 0.717) is 19.3 Å². The van der Waals surface area contributed by atoms with E-state index in [1.807, 2.05) is 79.0 Å². The molecule has 0 saturated carbocycles. The average molecular weight is 504 g/mol. The number of aliphatic hydroxyl groups is 1. The molecule has 0 fully saturated rings. The number of aliphatic hydroxyl groups excluding tert-OH is 1. The molecule has 2 heterocycles. The highest BCUT2D eigenvalue weighted by molar-refractivity contribution is 7.09. The van der Waals surface area contributed by atoms with Gasteiger partial charge in [-0.15, -0.1) is 11.3 Å². The topological polar surface area (TPSA) is 76.5 Å². The molecule has 0 bridgehead atoms. The van der Waals surface area contributed by atoms with Crippen molar-refractivity contribution < 1.29 is 19.4 Å². The van der Waals surface area contributed by atoms with Crippen LogP contribution < -0.4 is 0 Å². The Balaban J connectivity index is 0.00000298. The van der Waals surface area contributed by atoms with Gasteiger partial charge in [0.25, 0.3) is 0 Å². The van der Waals surface area contributed by atoms with Gasteiger partial charge in [0.2, 0.25) is 0 Å². The van der Waals surface area contributed by atoms with Gasteiger partial charge in [0, 0.05) is 29.6 Å². The van der Waals surface area contributed by atoms with Crippen LogP contribution in [0.5, 0.6) is 0 Å². The van der Waals surface area contributed by atoms with Gasteiger partial charge in [0.1, 0.15) is 11.9 Å². The number of Topliss-reactive ketones (excluding diaryl/α,β-unsaturated/α-hetero) is 1. The van der Waals surface area contributed by atoms with Gasteiger partial charge >= 0.3 is 5.97 Å². The standard InChI is InChI=1S/C27H39NO4S.C2H6/c1-17-9-8-10-18(2)25(30)20(4)26(31)27(6,7)14-13-24(29)32-23(12-11-17)19(3)15-22-16-33-21(5)28-22;1-2/h8-9,11,15-16,18,20,23,25,30H,10,12-14H2,1-7H3;1-2H3/b9-8+,17-11-,19-15+;/t18-,20+,23-,25-;/m0./s1. The second-order valence-electron chi connectivity index (χ2n) is 9.98. The molecule has 0 unspecified atom stereocenters. The molecule has 1 aliphatic rings. The summed E-state index contributed by atoms with van der Waals surface area (Å²) < 4.78 is 5.87. The first-order chi connectivity index (χ1) is 16.4. The largest absolute Gasteiger partial charge is 0.457 e. The van der Waals surface area contributed by atoms with Crippen molar-refractivity contribution in [3.63, 3.8) is 0 Å². The van der Waals surface area contributed by atoms with Crippen LogP contribution in [0.1, 0.15) is 91.8 Å². The summed E-state index contributed by atoms with van der Waals surface area (Å²) in [6.07, 6.45) is 8.76. The SMILES string of the molecule is CC.CC1=C/C[C@@H](/C(C)=C/c2csc(C)n2)OC(=O)CCC(C)(C)C(=O)[C@H](C)[C@@H](O)[C@@H](C)C\C=C\1. The maximum atomic E-state index is 13.1. The smallest absolute Gasteiger partial charge is 0.306 e. The minimum Gasteiger partial charge on any atom is -0.457 e. The van der Waals surface area contributed by atoms with Gasteiger partial charge in [0.05, 0.1) is 16.8 Å². The first-order valence-corrected chi connectivity index (χ1v) is 13.6. The molecule has 0 aliphatic carbocycles. The van der Waals surface area contributed by atoms with Crippen LogP contribution in [0, 0.1) is 24.2 Å². The molecule has 196 valence electrons. The minimum atomic E-state index is -0.725. The highest BCUT2D eigenvalue weighted by Crippen LogP contribution is 2.31. The number of aromatic nitrogens is 1. The summed E-state index contributed by atoms with van der Waals surface area (Å²) in [6.45, 7) is 17.4. The number of hydrogen-bond acceptors (Lipinski definition) is 6. The quantitative estimate of drug-likeness (QED) is 0.436. The van der Waals surface area contributed by atoms with Crippen LogP contribution in [0.3, 0.4) is 0 Å². The third-order valence-corrected chi connectivity index (χ3v) is 7.26. The second-order valence-corrected chi connectivity index (χ2v) is 11.0. The molecule has 2 rings (SSSR count). The number of ketones is 1. The van der Waals surface area contributed by atoms with Crippen molar-refractivity contribution in [1.82, 2.24) is 4.98 Å². The third-order valence-electron chi connectivity index (χ3n) is 6.47. The van der Waals surface area contributed by atoms with Crippen LogP contribution in [0.15, 0.2) is 34.8 Å². The Kier molecular flexibility index (Phi) is 12.8. The van der Waals surface area contributed by atoms with Crippen molar-refractivity contribution in [2.75, 3.05) is 0 Å². The van der Waals surface area contributed by atoms with Crippen molar-refractivity contribution >= 4 is 29.2 Å². The molecule has 0 amide bonds. The van der Waals surface area contributed by atoms with E-state index in [-0.39, 0.29) is 24.1 Å². The summed E-state index contributed by atoms with van der Waals surface area (Å²) >= 11 is 1.59. The number of hydrogen-bond donors (Lipinski definition) is 1. The zero-order valence-electron chi connectivity index (χ0n) is 23.1. The number of ether oxygens (including phenoxy) is 1. The number of esters is 1. The number of carbonyl (C=O) groups excluding carboxylic acids is 2. The summed E-state index contributed by atoms with van der Waals surface area (Å²) in [4.78, 5) is 30.3. The highest BCUT2D eigenvalue weighted by Gasteiger charge is 2.36. The predicted molar refractivity (Wildman–Crippen MR) is 146 cm³/mol. The Morgan fingerprint density at radius 3 is 2.46 bits per heavy atom. The molecule has 1 aromatic rings. The van der Waals surface area contributed by atoms with Crippen molar-refractivity contribution in [3.8, 4) is 0 Å². The lowest BCUT2D eigenvalue weighted by Crippen LogP contribution is -2.39. The van der Waals surface area contributed by atoms with E-state index in [1.54, 1.807) is 18.3 Å². The molecule has 0 aromatic carbocycles. The zero-order valence-corrected chi connectivity index (χ0v) is 23.9. The lowest BCUT2D eigenvalue weighted by molar-refractivity contribution is -0.148. The maximum absolute atomic E-state index is 13.1. The van der Waals surface area contributed by atoms with Gasteiger partial charge in [0.15, 0.2) is 0 Å². The van der Waals surface area contributed by atoms with Crippen molar-refractivity contribution in [1.29, 1.82) is 0 Å². The fourth-order valence-corrected chi connectivity index (χ4v) is 4.66. The van der Waals surface area contributed by atoms with Gasteiger partial charge in [-0.1, -0.05) is 65.3 Å². The third kappa shape index (κ3) is 9.85. The van der Waals surface area contributed by atoms with Crippen molar-refractivity contribution in [2.24, 2.45) is 17.3 Å². The number of cyclic esters (lactones) is 1. The maximum Gasteiger partial charge on any atom is 0.306 e. The predicted octanol–water partition coefficient (Wildman–Crippen LogP) is 7.10. The van der Waals surface area contributed by atoms with E-state index >= 15 is 0 Å². The van der Waals surface area contributed by atoms with Gasteiger partial charge in [-0.2, -0.15) is 0 Å². The lowest BCUT2D eigenvalue weighted by Gasteiger charge is -2.31. The van der Waals surface area contributed by atoms with Crippen LogP contribution in [-0.4, -0.2) is 34.1 Å². The van der Waals surface area contributed by atoms with E-state index in [1.165, 1.54) is 0 Å². The van der Waals surface area contributed by atoms with Crippen LogP contribution >= 0.6 is 11.3 Å². The number of nitrogens with zero attached hydrogens (tertiary/aromatic N) is 1. The van der Waals surface area contributed by atoms with Gasteiger partial charge in [-0.05, 0) is 51.2 Å². The molecule has 0 saturated heterocycles. The molecule has 1 N–H and O–H groups in total. The van der Waals surface area contributed by atoms with Crippen LogP contribution in [0.4, 0.5) is 0 Å². The lowest BCUT2D eigenvalue weighted by atomic mass is 9.74. The first-order valence-electron chi connectivity index (χ1n) is 12.8. The molecule has 1 aliphatic heterocycles. The van der Waals surface area contributed by atoms with E-state index in [2.05, 4.69) is 11.1 Å². The number of rotatable bonds is 2. The van der Waals surface area contributed by atoms with E-state index in [4.69, 9.17) is 4.74 Å². The van der Waals surface area contributed by atoms with Crippen molar-refractivity contribution in [3.05, 3.63) is 45.5 Å². The highest BCUT2D eigenvalue weighted by atomic mass is 32.1. The fraction of sp³-hybridized carbons (Fsp3) is 0.621. The van der Waals surface area contributed by atoms with Gasteiger partial charge in [-0.3, -0.25) is 9.59 Å². The van der Waals surface area contributed by atoms with Crippen LogP contribution in [0.2, 0.25) is 0 Å². The number of carbonyl (C=O) groups is 2. The monoisotopic (exact) mass is 503 g/mol. The van der Waals surface area contributed by atoms with Crippen LogP contribution in [-0.2, 0) is 14.3 Å². The Morgan fingerprint density at radius 1 is 1.20 bits per heavy atom. The van der Waals surface area contributed by atoms with Gasteiger partial charge in [-0.25, -0.2) is 4.98 Å². The van der Waals surface area contributed by atoms with Crippen LogP contribution in [0.25, 0.3) is 6.08 Å². The number of thiazole rings is 1. The first kappa shape index (κ1) is 31.0. The Hall–Kier alpha value is -2.05. The molecule has 0 radical (unpaired) electrons. The average Bonchev–Trinajstić information content (AvgIpc) is 3.23. The molecule has 5 nitrogen and oxygen atoms in total. The molecule has 35 heavy (non-hydrogen) atoms. The Morgan fingerprint density at radius 2 is 1.86 bits per heavy atom. The molecule has 4 atom stereocenters. The van der Waals surface area contributed by atoms with Gasteiger partial charge < -0.3 is 9.84 Å². The van der Waals surface area contributed by atoms with E-state index < -0.39 is 23.5 Å². The van der Waals surface area contributed by atoms with Crippen molar-refractivity contribution in [2.45, 2.75) is 100 Å². The summed E-state index contributed by atoms with van der Waals surface area (Å²) in [5.41, 5.74) is 2.14. The Labute approximate surface area is 216 Å². The summed E-state index contributed by atoms with van der Waals surface area (Å²) in [7, 11) is 0.